The predicted octanol–water partition coefficient (Wildman–Crippen LogP) is 4.75. The fourth-order valence-corrected chi connectivity index (χ4v) is 6.35. The van der Waals surface area contributed by atoms with Crippen LogP contribution in [0.4, 0.5) is 0 Å². The predicted molar refractivity (Wildman–Crippen MR) is 130 cm³/mol. The Kier molecular flexibility index (Phi) is 3.73. The minimum Gasteiger partial charge on any atom is -0.454 e. The zero-order chi connectivity index (χ0) is 23.0. The lowest BCUT2D eigenvalue weighted by atomic mass is 10.0. The van der Waals surface area contributed by atoms with Crippen molar-refractivity contribution in [2.45, 2.75) is 4.90 Å². The number of H-pyrrole nitrogens is 1. The molecule has 0 bridgehead atoms. The van der Waals surface area contributed by atoms with Crippen molar-refractivity contribution in [1.29, 1.82) is 0 Å². The van der Waals surface area contributed by atoms with Crippen LogP contribution < -0.4 is 15.0 Å². The molecule has 4 aromatic carbocycles. The van der Waals surface area contributed by atoms with Crippen LogP contribution in [0.5, 0.6) is 11.5 Å². The highest BCUT2D eigenvalue weighted by atomic mass is 32.2. The first-order valence-corrected chi connectivity index (χ1v) is 12.1. The fraction of sp³-hybridized carbons (Fsp3) is 0.0385. The SMILES string of the molecule is O=c1[nH]c2cc3c(cc2c2cc4c(cc12)c1ccccc1n4S(=O)(=O)c1ccccc1)OCO3. The van der Waals surface area contributed by atoms with Crippen molar-refractivity contribution in [2.75, 3.05) is 6.79 Å². The van der Waals surface area contributed by atoms with Crippen molar-refractivity contribution < 1.29 is 17.9 Å². The quantitative estimate of drug-likeness (QED) is 0.370. The number of hydrogen-bond donors (Lipinski definition) is 1. The molecular formula is C26H16N2O5S. The normalized spacial score (nSPS) is 13.4. The van der Waals surface area contributed by atoms with Crippen LogP contribution in [0.15, 0.2) is 88.6 Å². The Hall–Kier alpha value is -4.30. The largest absolute Gasteiger partial charge is 0.454 e. The zero-order valence-electron chi connectivity index (χ0n) is 17.6. The Morgan fingerprint density at radius 2 is 1.44 bits per heavy atom. The average Bonchev–Trinajstić information content (AvgIpc) is 3.44. The first-order valence-electron chi connectivity index (χ1n) is 10.7. The molecule has 0 radical (unpaired) electrons. The average molecular weight is 468 g/mol. The van der Waals surface area contributed by atoms with Gasteiger partial charge in [0, 0.05) is 27.6 Å². The van der Waals surface area contributed by atoms with E-state index in [9.17, 15) is 13.2 Å². The molecule has 0 saturated heterocycles. The Morgan fingerprint density at radius 1 is 0.706 bits per heavy atom. The molecule has 7 rings (SSSR count). The van der Waals surface area contributed by atoms with Crippen LogP contribution in [0, 0.1) is 0 Å². The van der Waals surface area contributed by atoms with Gasteiger partial charge >= 0.3 is 0 Å². The molecule has 7 nitrogen and oxygen atoms in total. The lowest BCUT2D eigenvalue weighted by molar-refractivity contribution is 0.174. The maximum absolute atomic E-state index is 13.8. The van der Waals surface area contributed by atoms with Gasteiger partial charge < -0.3 is 14.5 Å². The van der Waals surface area contributed by atoms with Gasteiger partial charge in [-0.1, -0.05) is 36.4 Å². The van der Waals surface area contributed by atoms with E-state index in [1.807, 2.05) is 18.2 Å². The summed E-state index contributed by atoms with van der Waals surface area (Å²) in [4.78, 5) is 16.2. The smallest absolute Gasteiger partial charge is 0.268 e. The van der Waals surface area contributed by atoms with E-state index in [2.05, 4.69) is 4.98 Å². The number of nitrogens with one attached hydrogen (secondary N) is 1. The van der Waals surface area contributed by atoms with E-state index in [1.54, 1.807) is 60.7 Å². The molecule has 3 heterocycles. The van der Waals surface area contributed by atoms with Crippen molar-refractivity contribution in [3.8, 4) is 11.5 Å². The van der Waals surface area contributed by atoms with Crippen LogP contribution in [0.25, 0.3) is 43.5 Å². The highest BCUT2D eigenvalue weighted by molar-refractivity contribution is 7.90. The molecule has 0 spiro atoms. The van der Waals surface area contributed by atoms with Gasteiger partial charge in [0.25, 0.3) is 15.6 Å². The molecule has 8 heteroatoms. The molecule has 0 fully saturated rings. The number of aromatic nitrogens is 2. The number of nitrogens with zero attached hydrogens (tertiary/aromatic N) is 1. The number of fused-ring (bicyclic) bond motifs is 7. The third-order valence-electron chi connectivity index (χ3n) is 6.34. The van der Waals surface area contributed by atoms with Gasteiger partial charge in [0.15, 0.2) is 11.5 Å². The summed E-state index contributed by atoms with van der Waals surface area (Å²) in [5.74, 6) is 1.14. The van der Waals surface area contributed by atoms with Gasteiger partial charge in [-0.3, -0.25) is 4.79 Å². The standard InChI is InChI=1S/C26H16N2O5S/c29-26-20-10-19-16-8-4-5-9-22(16)28(34(30,31)15-6-2-1-3-7-15)23(19)11-17(20)18-12-24-25(33-14-32-24)13-21(18)27-26/h1-13H,14H2,(H,27,29). The van der Waals surface area contributed by atoms with Gasteiger partial charge in [-0.2, -0.15) is 0 Å². The van der Waals surface area contributed by atoms with Gasteiger partial charge in [-0.05, 0) is 41.8 Å². The Bertz CT molecular complexity index is 1970. The molecular weight excluding hydrogens is 452 g/mol. The van der Waals surface area contributed by atoms with Gasteiger partial charge in [-0.15, -0.1) is 0 Å². The second-order valence-corrected chi connectivity index (χ2v) is 10.0. The maximum atomic E-state index is 13.8. The molecule has 1 N–H and O–H groups in total. The summed E-state index contributed by atoms with van der Waals surface area (Å²) in [6.07, 6.45) is 0. The van der Waals surface area contributed by atoms with Crippen molar-refractivity contribution in [2.24, 2.45) is 0 Å². The van der Waals surface area contributed by atoms with Crippen molar-refractivity contribution in [3.05, 3.63) is 89.2 Å². The number of benzene rings is 4. The second kappa shape index (κ2) is 6.61. The lowest BCUT2D eigenvalue weighted by Crippen LogP contribution is -2.13. The summed E-state index contributed by atoms with van der Waals surface area (Å²) in [5, 5.41) is 3.29. The third-order valence-corrected chi connectivity index (χ3v) is 8.09. The van der Waals surface area contributed by atoms with E-state index in [0.29, 0.717) is 44.2 Å². The van der Waals surface area contributed by atoms with Crippen LogP contribution in [0.1, 0.15) is 0 Å². The molecule has 0 atom stereocenters. The second-order valence-electron chi connectivity index (χ2n) is 8.22. The highest BCUT2D eigenvalue weighted by Gasteiger charge is 2.24. The van der Waals surface area contributed by atoms with E-state index >= 15 is 0 Å². The molecule has 34 heavy (non-hydrogen) atoms. The van der Waals surface area contributed by atoms with E-state index in [-0.39, 0.29) is 17.2 Å². The summed E-state index contributed by atoms with van der Waals surface area (Å²) in [5.41, 5.74) is 1.39. The van der Waals surface area contributed by atoms with Gasteiger partial charge in [0.2, 0.25) is 6.79 Å². The molecule has 0 unspecified atom stereocenters. The van der Waals surface area contributed by atoms with E-state index < -0.39 is 10.0 Å². The number of rotatable bonds is 2. The summed E-state index contributed by atoms with van der Waals surface area (Å²) in [7, 11) is -3.90. The van der Waals surface area contributed by atoms with Crippen molar-refractivity contribution >= 4 is 53.5 Å². The molecule has 166 valence electrons. The highest BCUT2D eigenvalue weighted by Crippen LogP contribution is 2.40. The first kappa shape index (κ1) is 19.2. The van der Waals surface area contributed by atoms with Crippen molar-refractivity contribution in [3.63, 3.8) is 0 Å². The number of hydrogen-bond acceptors (Lipinski definition) is 5. The third kappa shape index (κ3) is 2.51. The number of ether oxygens (including phenoxy) is 2. The Morgan fingerprint density at radius 3 is 2.26 bits per heavy atom. The van der Waals surface area contributed by atoms with Gasteiger partial charge in [-0.25, -0.2) is 12.4 Å². The molecule has 2 aromatic heterocycles. The monoisotopic (exact) mass is 468 g/mol. The number of aromatic amines is 1. The van der Waals surface area contributed by atoms with Gasteiger partial charge in [0.05, 0.1) is 21.4 Å². The Labute approximate surface area is 192 Å². The van der Waals surface area contributed by atoms with E-state index in [0.717, 1.165) is 10.8 Å². The summed E-state index contributed by atoms with van der Waals surface area (Å²) in [6.45, 7) is 0.113. The van der Waals surface area contributed by atoms with Gasteiger partial charge in [0.1, 0.15) is 0 Å². The molecule has 1 aliphatic rings. The summed E-state index contributed by atoms with van der Waals surface area (Å²) in [6, 6.07) is 22.8. The summed E-state index contributed by atoms with van der Waals surface area (Å²) < 4.78 is 40.0. The van der Waals surface area contributed by atoms with E-state index in [1.165, 1.54) is 3.97 Å². The van der Waals surface area contributed by atoms with Crippen LogP contribution in [-0.4, -0.2) is 24.2 Å². The maximum Gasteiger partial charge on any atom is 0.268 e. The van der Waals surface area contributed by atoms with Crippen molar-refractivity contribution in [1.82, 2.24) is 8.96 Å². The first-order chi connectivity index (χ1) is 16.5. The lowest BCUT2D eigenvalue weighted by Gasteiger charge is -2.10. The molecule has 6 aromatic rings. The molecule has 0 saturated carbocycles. The molecule has 0 amide bonds. The molecule has 0 aliphatic carbocycles. The number of para-hydroxylation sites is 1. The summed E-state index contributed by atoms with van der Waals surface area (Å²) >= 11 is 0. The topological polar surface area (TPSA) is 90.4 Å². The zero-order valence-corrected chi connectivity index (χ0v) is 18.4. The Balaban J connectivity index is 1.68. The minimum atomic E-state index is -3.90. The minimum absolute atomic E-state index is 0.113. The van der Waals surface area contributed by atoms with Crippen LogP contribution in [-0.2, 0) is 10.0 Å². The number of pyridine rings is 1. The van der Waals surface area contributed by atoms with E-state index in [4.69, 9.17) is 9.47 Å². The van der Waals surface area contributed by atoms with Crippen LogP contribution in [0.3, 0.4) is 0 Å². The van der Waals surface area contributed by atoms with Crippen LogP contribution >= 0.6 is 0 Å². The molecule has 1 aliphatic heterocycles. The van der Waals surface area contributed by atoms with Crippen LogP contribution in [0.2, 0.25) is 0 Å². The fourth-order valence-electron chi connectivity index (χ4n) is 4.81.